The van der Waals surface area contributed by atoms with Crippen LogP contribution in [0.2, 0.25) is 5.02 Å². The van der Waals surface area contributed by atoms with E-state index in [9.17, 15) is 9.59 Å². The predicted molar refractivity (Wildman–Crippen MR) is 65.0 cm³/mol. The Morgan fingerprint density at radius 1 is 1.59 bits per heavy atom. The van der Waals surface area contributed by atoms with Crippen molar-refractivity contribution in [3.63, 3.8) is 0 Å². The summed E-state index contributed by atoms with van der Waals surface area (Å²) in [7, 11) is 0. The molecule has 1 saturated heterocycles. The molecule has 1 aliphatic heterocycles. The molecule has 1 aliphatic rings. The van der Waals surface area contributed by atoms with Crippen LogP contribution in [0.3, 0.4) is 0 Å². The highest BCUT2D eigenvalue weighted by Crippen LogP contribution is 2.28. The van der Waals surface area contributed by atoms with Crippen molar-refractivity contribution in [2.75, 3.05) is 11.4 Å². The number of rotatable bonds is 2. The summed E-state index contributed by atoms with van der Waals surface area (Å²) in [5, 5.41) is 9.30. The van der Waals surface area contributed by atoms with Gasteiger partial charge in [-0.15, -0.1) is 0 Å². The molecule has 2 heterocycles. The first-order valence-corrected chi connectivity index (χ1v) is 6.01. The molecule has 17 heavy (non-hydrogen) atoms. The van der Waals surface area contributed by atoms with Crippen LogP contribution in [-0.4, -0.2) is 28.5 Å². The third-order valence-corrected chi connectivity index (χ3v) is 3.68. The molecule has 0 bridgehead atoms. The maximum atomic E-state index is 11.7. The highest BCUT2D eigenvalue weighted by atomic mass is 79.9. The van der Waals surface area contributed by atoms with Gasteiger partial charge >= 0.3 is 5.97 Å². The molecule has 1 aromatic rings. The number of anilines is 1. The van der Waals surface area contributed by atoms with E-state index in [4.69, 9.17) is 16.7 Å². The zero-order valence-electron chi connectivity index (χ0n) is 8.56. The zero-order valence-corrected chi connectivity index (χ0v) is 10.9. The fourth-order valence-corrected chi connectivity index (χ4v) is 2.07. The molecular weight excluding hydrogens is 311 g/mol. The lowest BCUT2D eigenvalue weighted by Crippen LogP contribution is -2.26. The van der Waals surface area contributed by atoms with E-state index in [2.05, 4.69) is 20.9 Å². The number of aromatic nitrogens is 1. The van der Waals surface area contributed by atoms with E-state index < -0.39 is 11.9 Å². The van der Waals surface area contributed by atoms with Gasteiger partial charge in [0.15, 0.2) is 0 Å². The van der Waals surface area contributed by atoms with Crippen molar-refractivity contribution < 1.29 is 14.7 Å². The number of hydrogen-bond acceptors (Lipinski definition) is 3. The smallest absolute Gasteiger partial charge is 0.308 e. The van der Waals surface area contributed by atoms with Gasteiger partial charge in [0.2, 0.25) is 5.91 Å². The van der Waals surface area contributed by atoms with E-state index in [0.717, 1.165) is 0 Å². The quantitative estimate of drug-likeness (QED) is 0.846. The van der Waals surface area contributed by atoms with E-state index >= 15 is 0 Å². The van der Waals surface area contributed by atoms with Crippen LogP contribution in [0, 0.1) is 5.92 Å². The minimum absolute atomic E-state index is 0.0112. The average Bonchev–Trinajstić information content (AvgIpc) is 2.65. The molecule has 1 atom stereocenters. The van der Waals surface area contributed by atoms with Crippen LogP contribution >= 0.6 is 27.5 Å². The minimum atomic E-state index is -0.964. The minimum Gasteiger partial charge on any atom is -0.481 e. The van der Waals surface area contributed by atoms with Crippen LogP contribution in [0.1, 0.15) is 6.42 Å². The Balaban J connectivity index is 2.26. The Morgan fingerprint density at radius 2 is 2.29 bits per heavy atom. The molecule has 1 amide bonds. The maximum Gasteiger partial charge on any atom is 0.308 e. The molecule has 5 nitrogen and oxygen atoms in total. The zero-order chi connectivity index (χ0) is 12.6. The van der Waals surface area contributed by atoms with Gasteiger partial charge in [-0.3, -0.25) is 14.5 Å². The maximum absolute atomic E-state index is 11.7. The summed E-state index contributed by atoms with van der Waals surface area (Å²) in [6.07, 6.45) is 0.0112. The monoisotopic (exact) mass is 318 g/mol. The van der Waals surface area contributed by atoms with Crippen molar-refractivity contribution in [2.45, 2.75) is 6.42 Å². The number of carbonyl (C=O) groups is 2. The van der Waals surface area contributed by atoms with Crippen molar-refractivity contribution >= 4 is 45.2 Å². The second-order valence-electron chi connectivity index (χ2n) is 3.69. The summed E-state index contributed by atoms with van der Waals surface area (Å²) in [6.45, 7) is 0.148. The van der Waals surface area contributed by atoms with E-state index in [-0.39, 0.29) is 18.9 Å². The Hall–Kier alpha value is -1.14. The van der Waals surface area contributed by atoms with Crippen LogP contribution in [-0.2, 0) is 9.59 Å². The number of hydrogen-bond donors (Lipinski definition) is 1. The standard InChI is InChI=1S/C10H8BrClN2O3/c11-9-6(12)1-2-7(13-9)14-4-5(10(16)17)3-8(14)15/h1-2,5H,3-4H2,(H,16,17). The highest BCUT2D eigenvalue weighted by molar-refractivity contribution is 9.10. The van der Waals surface area contributed by atoms with Gasteiger partial charge in [0.1, 0.15) is 10.4 Å². The van der Waals surface area contributed by atoms with Crippen LogP contribution in [0.5, 0.6) is 0 Å². The van der Waals surface area contributed by atoms with Gasteiger partial charge in [-0.2, -0.15) is 0 Å². The average molecular weight is 320 g/mol. The first-order chi connectivity index (χ1) is 7.99. The molecule has 0 saturated carbocycles. The fourth-order valence-electron chi connectivity index (χ4n) is 1.65. The summed E-state index contributed by atoms with van der Waals surface area (Å²) in [5.41, 5.74) is 0. The van der Waals surface area contributed by atoms with E-state index in [1.807, 2.05) is 0 Å². The topological polar surface area (TPSA) is 70.5 Å². The first kappa shape index (κ1) is 12.3. The number of nitrogens with zero attached hydrogens (tertiary/aromatic N) is 2. The molecule has 0 radical (unpaired) electrons. The van der Waals surface area contributed by atoms with Gasteiger partial charge in [-0.05, 0) is 28.1 Å². The summed E-state index contributed by atoms with van der Waals surface area (Å²) >= 11 is 8.96. The predicted octanol–water partition coefficient (Wildman–Crippen LogP) is 1.94. The lowest BCUT2D eigenvalue weighted by molar-refractivity contribution is -0.141. The number of carboxylic acids is 1. The first-order valence-electron chi connectivity index (χ1n) is 4.84. The second-order valence-corrected chi connectivity index (χ2v) is 4.84. The fraction of sp³-hybridized carbons (Fsp3) is 0.300. The van der Waals surface area contributed by atoms with E-state index in [1.54, 1.807) is 12.1 Å². The number of aliphatic carboxylic acids is 1. The number of carbonyl (C=O) groups excluding carboxylic acids is 1. The summed E-state index contributed by atoms with van der Waals surface area (Å²) in [4.78, 5) is 27.9. The van der Waals surface area contributed by atoms with Crippen molar-refractivity contribution in [2.24, 2.45) is 5.92 Å². The van der Waals surface area contributed by atoms with Crippen molar-refractivity contribution in [1.82, 2.24) is 4.98 Å². The Kier molecular flexibility index (Phi) is 3.35. The normalized spacial score (nSPS) is 19.8. The van der Waals surface area contributed by atoms with Gasteiger partial charge in [-0.1, -0.05) is 11.6 Å². The van der Waals surface area contributed by atoms with Crippen molar-refractivity contribution in [3.8, 4) is 0 Å². The molecular formula is C10H8BrClN2O3. The van der Waals surface area contributed by atoms with Gasteiger partial charge in [0, 0.05) is 13.0 Å². The molecule has 2 rings (SSSR count). The highest BCUT2D eigenvalue weighted by Gasteiger charge is 2.35. The molecule has 0 aliphatic carbocycles. The van der Waals surface area contributed by atoms with Crippen LogP contribution in [0.4, 0.5) is 5.82 Å². The molecule has 1 unspecified atom stereocenters. The Labute approximate surface area is 111 Å². The van der Waals surface area contributed by atoms with Crippen LogP contribution in [0.15, 0.2) is 16.7 Å². The van der Waals surface area contributed by atoms with Crippen molar-refractivity contribution in [3.05, 3.63) is 21.8 Å². The lowest BCUT2D eigenvalue weighted by Gasteiger charge is -2.15. The SMILES string of the molecule is O=C(O)C1CC(=O)N(c2ccc(Cl)c(Br)n2)C1. The largest absolute Gasteiger partial charge is 0.481 e. The van der Waals surface area contributed by atoms with Gasteiger partial charge in [0.05, 0.1) is 10.9 Å². The van der Waals surface area contributed by atoms with Crippen molar-refractivity contribution in [1.29, 1.82) is 0 Å². The Morgan fingerprint density at radius 3 is 2.82 bits per heavy atom. The lowest BCUT2D eigenvalue weighted by atomic mass is 10.1. The summed E-state index contributed by atoms with van der Waals surface area (Å²) in [6, 6.07) is 3.20. The summed E-state index contributed by atoms with van der Waals surface area (Å²) in [5.74, 6) is -1.46. The second kappa shape index (κ2) is 4.62. The number of amides is 1. The van der Waals surface area contributed by atoms with E-state index in [1.165, 1.54) is 4.90 Å². The van der Waals surface area contributed by atoms with E-state index in [0.29, 0.717) is 15.4 Å². The molecule has 0 spiro atoms. The molecule has 7 heteroatoms. The third-order valence-electron chi connectivity index (χ3n) is 2.54. The van der Waals surface area contributed by atoms with Gasteiger partial charge in [0.25, 0.3) is 0 Å². The number of halogens is 2. The van der Waals surface area contributed by atoms with Gasteiger partial charge in [-0.25, -0.2) is 4.98 Å². The molecule has 1 aromatic heterocycles. The molecule has 0 aromatic carbocycles. The molecule has 1 N–H and O–H groups in total. The van der Waals surface area contributed by atoms with Crippen LogP contribution in [0.25, 0.3) is 0 Å². The van der Waals surface area contributed by atoms with Gasteiger partial charge < -0.3 is 5.11 Å². The number of carboxylic acid groups (broad SMARTS) is 1. The molecule has 1 fully saturated rings. The Bertz CT molecular complexity index is 494. The number of pyridine rings is 1. The molecule has 90 valence electrons. The summed E-state index contributed by atoms with van der Waals surface area (Å²) < 4.78 is 0.434. The van der Waals surface area contributed by atoms with Crippen LogP contribution < -0.4 is 4.90 Å². The third kappa shape index (κ3) is 2.42.